The molecule has 0 unspecified atom stereocenters. The number of rotatable bonds is 7. The Balaban J connectivity index is 2.57. The summed E-state index contributed by atoms with van der Waals surface area (Å²) in [5, 5.41) is 19.4. The number of carboxylic acid groups (broad SMARTS) is 1. The number of benzene rings is 2. The smallest absolute Gasteiger partial charge is 0.347 e. The molecule has 140 valence electrons. The van der Waals surface area contributed by atoms with Gasteiger partial charge < -0.3 is 24.4 Å². The van der Waals surface area contributed by atoms with Crippen LogP contribution in [0.3, 0.4) is 0 Å². The molecule has 0 bridgehead atoms. The summed E-state index contributed by atoms with van der Waals surface area (Å²) in [7, 11) is 2.42. The van der Waals surface area contributed by atoms with E-state index in [1.165, 1.54) is 26.4 Å². The van der Waals surface area contributed by atoms with Crippen molar-refractivity contribution >= 4 is 24.5 Å². The fourth-order valence-electron chi connectivity index (χ4n) is 2.26. The van der Waals surface area contributed by atoms with Gasteiger partial charge in [0.05, 0.1) is 14.2 Å². The molecule has 0 fully saturated rings. The number of esters is 1. The number of carbonyl (C=O) groups excluding carboxylic acids is 3. The van der Waals surface area contributed by atoms with Crippen LogP contribution in [-0.2, 0) is 0 Å². The van der Waals surface area contributed by atoms with E-state index in [2.05, 4.69) is 0 Å². The zero-order chi connectivity index (χ0) is 20.1. The molecule has 2 aromatic carbocycles. The van der Waals surface area contributed by atoms with Gasteiger partial charge in [0.15, 0.2) is 23.0 Å². The molecule has 0 saturated carbocycles. The number of phenolic OH excluding ortho intramolecular Hbond substituents is 1. The van der Waals surface area contributed by atoms with Crippen molar-refractivity contribution in [3.63, 3.8) is 0 Å². The maximum absolute atomic E-state index is 12.5. The number of hydrogen-bond donors (Lipinski definition) is 2. The summed E-state index contributed by atoms with van der Waals surface area (Å²) in [4.78, 5) is 45.9. The molecule has 0 spiro atoms. The summed E-state index contributed by atoms with van der Waals surface area (Å²) in [5.41, 5.74) is -0.896. The molecule has 2 rings (SSSR count). The highest BCUT2D eigenvalue weighted by Gasteiger charge is 2.25. The first-order valence-corrected chi connectivity index (χ1v) is 7.35. The van der Waals surface area contributed by atoms with Crippen LogP contribution in [0.25, 0.3) is 0 Å². The summed E-state index contributed by atoms with van der Waals surface area (Å²) in [5.74, 6) is -4.00. The van der Waals surface area contributed by atoms with Crippen molar-refractivity contribution < 1.29 is 43.6 Å². The van der Waals surface area contributed by atoms with E-state index in [9.17, 15) is 29.4 Å². The van der Waals surface area contributed by atoms with E-state index >= 15 is 0 Å². The minimum atomic E-state index is -1.47. The summed E-state index contributed by atoms with van der Waals surface area (Å²) in [6.07, 6.45) is 0.839. The average molecular weight is 374 g/mol. The molecule has 2 aromatic rings. The summed E-state index contributed by atoms with van der Waals surface area (Å²) < 4.78 is 15.0. The van der Waals surface area contributed by atoms with Crippen LogP contribution in [0.1, 0.15) is 41.4 Å². The van der Waals surface area contributed by atoms with Crippen molar-refractivity contribution in [2.24, 2.45) is 0 Å². The predicted octanol–water partition coefficient (Wildman–Crippen LogP) is 1.95. The number of phenols is 1. The zero-order valence-corrected chi connectivity index (χ0v) is 14.2. The predicted molar refractivity (Wildman–Crippen MR) is 90.3 cm³/mol. The largest absolute Gasteiger partial charge is 0.504 e. The third-order valence-electron chi connectivity index (χ3n) is 3.53. The lowest BCUT2D eigenvalue weighted by molar-refractivity contribution is 0.0677. The van der Waals surface area contributed by atoms with Gasteiger partial charge in [-0.25, -0.2) is 9.59 Å². The Kier molecular flexibility index (Phi) is 5.76. The molecule has 0 aliphatic carbocycles. The molecule has 0 aliphatic heterocycles. The first-order chi connectivity index (χ1) is 12.9. The number of aldehydes is 2. The molecule has 9 nitrogen and oxygen atoms in total. The van der Waals surface area contributed by atoms with Crippen LogP contribution >= 0.6 is 0 Å². The number of ether oxygens (including phenoxy) is 3. The van der Waals surface area contributed by atoms with Crippen molar-refractivity contribution in [2.75, 3.05) is 14.2 Å². The molecule has 9 heteroatoms. The lowest BCUT2D eigenvalue weighted by Crippen LogP contribution is -2.14. The highest BCUT2D eigenvalue weighted by Crippen LogP contribution is 2.36. The van der Waals surface area contributed by atoms with Gasteiger partial charge in [-0.05, 0) is 24.3 Å². The lowest BCUT2D eigenvalue weighted by atomic mass is 10.1. The van der Waals surface area contributed by atoms with Crippen LogP contribution < -0.4 is 14.2 Å². The van der Waals surface area contributed by atoms with E-state index in [4.69, 9.17) is 14.2 Å². The van der Waals surface area contributed by atoms with Crippen LogP contribution in [0, 0.1) is 0 Å². The minimum Gasteiger partial charge on any atom is -0.504 e. The molecular formula is C18H14O9. The van der Waals surface area contributed by atoms with Gasteiger partial charge in [-0.1, -0.05) is 0 Å². The minimum absolute atomic E-state index is 0.00322. The molecule has 27 heavy (non-hydrogen) atoms. The Labute approximate surface area is 152 Å². The third kappa shape index (κ3) is 3.87. The van der Waals surface area contributed by atoms with Crippen molar-refractivity contribution in [2.45, 2.75) is 0 Å². The van der Waals surface area contributed by atoms with Gasteiger partial charge in [0, 0.05) is 11.1 Å². The molecule has 0 radical (unpaired) electrons. The Bertz CT molecular complexity index is 931. The van der Waals surface area contributed by atoms with Crippen molar-refractivity contribution in [1.82, 2.24) is 0 Å². The third-order valence-corrected chi connectivity index (χ3v) is 3.53. The standard InChI is InChI=1S/C18H14O9/c1-25-13-5-9(7-19)3-11(15(13)21)18(24)27-16-12(17(22)23)4-10(8-20)6-14(16)26-2/h3-8,21H,1-2H3,(H,22,23). The lowest BCUT2D eigenvalue weighted by Gasteiger charge is -2.14. The number of carbonyl (C=O) groups is 4. The van der Waals surface area contributed by atoms with Crippen LogP contribution in [-0.4, -0.2) is 48.9 Å². The van der Waals surface area contributed by atoms with E-state index in [0.29, 0.717) is 12.6 Å². The van der Waals surface area contributed by atoms with E-state index in [1.807, 2.05) is 0 Å². The molecule has 0 saturated heterocycles. The van der Waals surface area contributed by atoms with Gasteiger partial charge >= 0.3 is 11.9 Å². The number of aromatic carboxylic acids is 1. The summed E-state index contributed by atoms with van der Waals surface area (Å²) in [6.45, 7) is 0. The molecule has 0 amide bonds. The molecule has 0 aromatic heterocycles. The molecule has 0 heterocycles. The molecule has 0 atom stereocenters. The molecular weight excluding hydrogens is 360 g/mol. The van der Waals surface area contributed by atoms with Gasteiger partial charge in [0.1, 0.15) is 23.7 Å². The van der Waals surface area contributed by atoms with Gasteiger partial charge in [-0.2, -0.15) is 0 Å². The van der Waals surface area contributed by atoms with Crippen molar-refractivity contribution in [3.8, 4) is 23.0 Å². The maximum atomic E-state index is 12.5. The second-order valence-electron chi connectivity index (χ2n) is 5.15. The Morgan fingerprint density at radius 1 is 0.889 bits per heavy atom. The highest BCUT2D eigenvalue weighted by molar-refractivity contribution is 6.00. The second kappa shape index (κ2) is 8.00. The number of carboxylic acids is 1. The zero-order valence-electron chi connectivity index (χ0n) is 14.2. The maximum Gasteiger partial charge on any atom is 0.347 e. The van der Waals surface area contributed by atoms with E-state index in [0.717, 1.165) is 12.1 Å². The van der Waals surface area contributed by atoms with E-state index in [1.54, 1.807) is 0 Å². The van der Waals surface area contributed by atoms with Crippen molar-refractivity contribution in [3.05, 3.63) is 46.5 Å². The number of aromatic hydroxyl groups is 1. The first-order valence-electron chi connectivity index (χ1n) is 7.35. The van der Waals surface area contributed by atoms with Crippen molar-refractivity contribution in [1.29, 1.82) is 0 Å². The van der Waals surface area contributed by atoms with Crippen LogP contribution in [0.2, 0.25) is 0 Å². The second-order valence-corrected chi connectivity index (χ2v) is 5.15. The normalized spacial score (nSPS) is 10.0. The average Bonchev–Trinajstić information content (AvgIpc) is 2.67. The number of methoxy groups -OCH3 is 2. The number of hydrogen-bond acceptors (Lipinski definition) is 8. The van der Waals surface area contributed by atoms with Crippen LogP contribution in [0.5, 0.6) is 23.0 Å². The van der Waals surface area contributed by atoms with Gasteiger partial charge in [-0.3, -0.25) is 9.59 Å². The Morgan fingerprint density at radius 2 is 1.41 bits per heavy atom. The van der Waals surface area contributed by atoms with Gasteiger partial charge in [-0.15, -0.1) is 0 Å². The summed E-state index contributed by atoms with van der Waals surface area (Å²) >= 11 is 0. The fraction of sp³-hybridized carbons (Fsp3) is 0.111. The Morgan fingerprint density at radius 3 is 1.89 bits per heavy atom. The van der Waals surface area contributed by atoms with Crippen LogP contribution in [0.15, 0.2) is 24.3 Å². The van der Waals surface area contributed by atoms with Crippen LogP contribution in [0.4, 0.5) is 0 Å². The Hall–Kier alpha value is -3.88. The van der Waals surface area contributed by atoms with E-state index in [-0.39, 0.29) is 22.6 Å². The monoisotopic (exact) mass is 374 g/mol. The summed E-state index contributed by atoms with van der Waals surface area (Å²) in [6, 6.07) is 4.45. The van der Waals surface area contributed by atoms with Gasteiger partial charge in [0.25, 0.3) is 0 Å². The van der Waals surface area contributed by atoms with Gasteiger partial charge in [0.2, 0.25) is 0 Å². The fourth-order valence-corrected chi connectivity index (χ4v) is 2.26. The molecule has 2 N–H and O–H groups in total. The highest BCUT2D eigenvalue weighted by atomic mass is 16.6. The first kappa shape index (κ1) is 19.4. The topological polar surface area (TPSA) is 136 Å². The quantitative estimate of drug-likeness (QED) is 0.423. The van der Waals surface area contributed by atoms with E-state index < -0.39 is 34.6 Å². The SMILES string of the molecule is COc1cc(C=O)cc(C(=O)Oc2c(OC)cc(C=O)cc2C(=O)O)c1O. The molecule has 0 aliphatic rings.